The number of halogens is 1. The van der Waals surface area contributed by atoms with Crippen molar-refractivity contribution in [2.24, 2.45) is 0 Å². The number of benzene rings is 1. The fourth-order valence-electron chi connectivity index (χ4n) is 3.10. The molecule has 1 saturated heterocycles. The number of ether oxygens (including phenoxy) is 2. The molecule has 1 N–H and O–H groups in total. The first-order chi connectivity index (χ1) is 11.3. The van der Waals surface area contributed by atoms with Gasteiger partial charge in [-0.05, 0) is 25.0 Å². The molecule has 1 aliphatic carbocycles. The number of rotatable bonds is 4. The molecule has 3 rings (SSSR count). The molecule has 0 aromatic heterocycles. The molecule has 1 heterocycles. The molecule has 1 aliphatic heterocycles. The first-order valence-corrected chi connectivity index (χ1v) is 9.42. The van der Waals surface area contributed by atoms with E-state index in [9.17, 15) is 18.5 Å². The van der Waals surface area contributed by atoms with Gasteiger partial charge in [-0.15, -0.1) is 0 Å². The zero-order valence-corrected chi connectivity index (χ0v) is 14.3. The second kappa shape index (κ2) is 6.57. The Kier molecular flexibility index (Phi) is 4.80. The normalized spacial score (nSPS) is 21.2. The molecule has 0 atom stereocenters. The van der Waals surface area contributed by atoms with Crippen LogP contribution < -0.4 is 4.72 Å². The molecule has 0 unspecified atom stereocenters. The highest BCUT2D eigenvalue weighted by atomic mass is 35.5. The third-order valence-corrected chi connectivity index (χ3v) is 6.09. The summed E-state index contributed by atoms with van der Waals surface area (Å²) in [6.45, 7) is 1.10. The molecule has 2 fully saturated rings. The van der Waals surface area contributed by atoms with Gasteiger partial charge in [-0.25, -0.2) is 13.1 Å². The van der Waals surface area contributed by atoms with E-state index in [0.717, 1.165) is 12.1 Å². The SMILES string of the molecule is O=[N+]([O-])c1cc(Cl)ccc1S(=O)(=O)NC1CCC2(CC1)OCCO2. The smallest absolute Gasteiger partial charge is 0.290 e. The van der Waals surface area contributed by atoms with Crippen LogP contribution in [0.4, 0.5) is 5.69 Å². The van der Waals surface area contributed by atoms with E-state index < -0.39 is 26.4 Å². The van der Waals surface area contributed by atoms with E-state index in [1.165, 1.54) is 6.07 Å². The summed E-state index contributed by atoms with van der Waals surface area (Å²) in [5.74, 6) is -0.589. The van der Waals surface area contributed by atoms with Gasteiger partial charge in [-0.2, -0.15) is 0 Å². The number of sulfonamides is 1. The molecule has 8 nitrogen and oxygen atoms in total. The Bertz CT molecular complexity index is 738. The van der Waals surface area contributed by atoms with Crippen LogP contribution in [0.25, 0.3) is 0 Å². The maximum Gasteiger partial charge on any atom is 0.290 e. The van der Waals surface area contributed by atoms with Gasteiger partial charge in [0.1, 0.15) is 0 Å². The molecule has 0 amide bonds. The summed E-state index contributed by atoms with van der Waals surface area (Å²) < 4.78 is 38.8. The second-order valence-corrected chi connectivity index (χ2v) is 7.99. The predicted molar refractivity (Wildman–Crippen MR) is 85.3 cm³/mol. The standard InChI is InChI=1S/C14H17ClN2O6S/c15-10-1-2-13(12(9-10)17(18)19)24(20,21)16-11-3-5-14(6-4-11)22-7-8-23-14/h1-2,9,11,16H,3-8H2. The predicted octanol–water partition coefficient (Wildman–Crippen LogP) is 2.21. The van der Waals surface area contributed by atoms with Crippen molar-refractivity contribution in [2.75, 3.05) is 13.2 Å². The summed E-state index contributed by atoms with van der Waals surface area (Å²) in [5, 5.41) is 11.2. The molecule has 1 aromatic carbocycles. The molecule has 1 aromatic rings. The minimum absolute atomic E-state index is 0.107. The Balaban J connectivity index is 1.74. The van der Waals surface area contributed by atoms with E-state index >= 15 is 0 Å². The highest BCUT2D eigenvalue weighted by molar-refractivity contribution is 7.89. The van der Waals surface area contributed by atoms with E-state index in [0.29, 0.717) is 38.9 Å². The molecular weight excluding hydrogens is 360 g/mol. The van der Waals surface area contributed by atoms with E-state index in [1.54, 1.807) is 0 Å². The van der Waals surface area contributed by atoms with Gasteiger partial charge < -0.3 is 9.47 Å². The average molecular weight is 377 g/mol. The van der Waals surface area contributed by atoms with Crippen molar-refractivity contribution in [1.29, 1.82) is 0 Å². The number of hydrogen-bond acceptors (Lipinski definition) is 6. The van der Waals surface area contributed by atoms with Crippen LogP contribution in [0.3, 0.4) is 0 Å². The van der Waals surface area contributed by atoms with Crippen LogP contribution in [0.1, 0.15) is 25.7 Å². The average Bonchev–Trinajstić information content (AvgIpc) is 2.97. The van der Waals surface area contributed by atoms with Gasteiger partial charge in [-0.1, -0.05) is 11.6 Å². The molecule has 0 bridgehead atoms. The van der Waals surface area contributed by atoms with Crippen molar-refractivity contribution in [3.8, 4) is 0 Å². The third-order valence-electron chi connectivity index (χ3n) is 4.29. The molecule has 0 radical (unpaired) electrons. The van der Waals surface area contributed by atoms with E-state index in [-0.39, 0.29) is 16.0 Å². The van der Waals surface area contributed by atoms with Crippen LogP contribution in [0.5, 0.6) is 0 Å². The lowest BCUT2D eigenvalue weighted by Gasteiger charge is -2.35. The largest absolute Gasteiger partial charge is 0.348 e. The van der Waals surface area contributed by atoms with Crippen molar-refractivity contribution >= 4 is 27.3 Å². The summed E-state index contributed by atoms with van der Waals surface area (Å²) in [6.07, 6.45) is 2.26. The van der Waals surface area contributed by atoms with Crippen LogP contribution in [-0.2, 0) is 19.5 Å². The van der Waals surface area contributed by atoms with E-state index in [4.69, 9.17) is 21.1 Å². The van der Waals surface area contributed by atoms with E-state index in [2.05, 4.69) is 4.72 Å². The quantitative estimate of drug-likeness (QED) is 0.637. The number of nitrogens with zero attached hydrogens (tertiary/aromatic N) is 1. The van der Waals surface area contributed by atoms with Gasteiger partial charge >= 0.3 is 0 Å². The van der Waals surface area contributed by atoms with Crippen molar-refractivity contribution in [3.05, 3.63) is 33.3 Å². The Labute approximate surface area is 144 Å². The summed E-state index contributed by atoms with van der Waals surface area (Å²) in [4.78, 5) is 9.97. The first-order valence-electron chi connectivity index (χ1n) is 7.56. The number of nitrogens with one attached hydrogen (secondary N) is 1. The summed E-state index contributed by atoms with van der Waals surface area (Å²) >= 11 is 5.72. The van der Waals surface area contributed by atoms with Crippen LogP contribution in [0.2, 0.25) is 5.02 Å². The maximum atomic E-state index is 12.5. The summed E-state index contributed by atoms with van der Waals surface area (Å²) in [6, 6.07) is 3.19. The maximum absolute atomic E-state index is 12.5. The number of hydrogen-bond donors (Lipinski definition) is 1. The lowest BCUT2D eigenvalue weighted by atomic mass is 9.91. The van der Waals surface area contributed by atoms with Crippen molar-refractivity contribution in [2.45, 2.75) is 42.4 Å². The molecule has 10 heteroatoms. The number of nitro benzene ring substituents is 1. The van der Waals surface area contributed by atoms with Crippen LogP contribution in [-0.4, -0.2) is 38.4 Å². The van der Waals surface area contributed by atoms with Crippen molar-refractivity contribution in [3.63, 3.8) is 0 Å². The van der Waals surface area contributed by atoms with Gasteiger partial charge in [0.05, 0.1) is 18.1 Å². The fraction of sp³-hybridized carbons (Fsp3) is 0.571. The summed E-state index contributed by atoms with van der Waals surface area (Å²) in [5.41, 5.74) is -0.537. The Hall–Kier alpha value is -1.26. The van der Waals surface area contributed by atoms with Gasteiger partial charge in [-0.3, -0.25) is 10.1 Å². The molecule has 1 spiro atoms. The molecule has 132 valence electrons. The van der Waals surface area contributed by atoms with E-state index in [1.807, 2.05) is 0 Å². The lowest BCUT2D eigenvalue weighted by molar-refractivity contribution is -0.387. The lowest BCUT2D eigenvalue weighted by Crippen LogP contribution is -2.44. The molecular formula is C14H17ClN2O6S. The topological polar surface area (TPSA) is 108 Å². The Morgan fingerprint density at radius 2 is 1.88 bits per heavy atom. The highest BCUT2D eigenvalue weighted by Gasteiger charge is 2.41. The highest BCUT2D eigenvalue weighted by Crippen LogP contribution is 2.36. The van der Waals surface area contributed by atoms with Crippen molar-refractivity contribution in [1.82, 2.24) is 4.72 Å². The molecule has 2 aliphatic rings. The van der Waals surface area contributed by atoms with Crippen LogP contribution in [0, 0.1) is 10.1 Å². The molecule has 1 saturated carbocycles. The minimum atomic E-state index is -4.02. The summed E-state index contributed by atoms with van der Waals surface area (Å²) in [7, 11) is -4.02. The Morgan fingerprint density at radius 3 is 2.46 bits per heavy atom. The second-order valence-electron chi connectivity index (χ2n) is 5.87. The van der Waals surface area contributed by atoms with Crippen LogP contribution in [0.15, 0.2) is 23.1 Å². The van der Waals surface area contributed by atoms with Gasteiger partial charge in [0.2, 0.25) is 10.0 Å². The zero-order chi connectivity index (χ0) is 17.4. The van der Waals surface area contributed by atoms with Gasteiger partial charge in [0.15, 0.2) is 10.7 Å². The monoisotopic (exact) mass is 376 g/mol. The molecule has 24 heavy (non-hydrogen) atoms. The Morgan fingerprint density at radius 1 is 1.25 bits per heavy atom. The van der Waals surface area contributed by atoms with Gasteiger partial charge in [0.25, 0.3) is 5.69 Å². The fourth-order valence-corrected chi connectivity index (χ4v) is 4.73. The van der Waals surface area contributed by atoms with Crippen LogP contribution >= 0.6 is 11.6 Å². The van der Waals surface area contributed by atoms with Crippen molar-refractivity contribution < 1.29 is 22.8 Å². The zero-order valence-electron chi connectivity index (χ0n) is 12.7. The minimum Gasteiger partial charge on any atom is -0.348 e. The third kappa shape index (κ3) is 3.55. The van der Waals surface area contributed by atoms with Gasteiger partial charge in [0, 0.05) is 30.0 Å². The number of nitro groups is 1. The first kappa shape index (κ1) is 17.6.